The van der Waals surface area contributed by atoms with Gasteiger partial charge in [0.1, 0.15) is 18.5 Å². The quantitative estimate of drug-likeness (QED) is 0.369. The molecule has 1 aliphatic heterocycles. The van der Waals surface area contributed by atoms with Crippen LogP contribution in [0.15, 0.2) is 24.4 Å². The summed E-state index contributed by atoms with van der Waals surface area (Å²) in [5, 5.41) is 0. The van der Waals surface area contributed by atoms with Gasteiger partial charge in [0.2, 0.25) is 0 Å². The summed E-state index contributed by atoms with van der Waals surface area (Å²) >= 11 is 1.07. The molecule has 3 aromatic rings. The van der Waals surface area contributed by atoms with Crippen molar-refractivity contribution in [2.75, 3.05) is 19.3 Å². The maximum absolute atomic E-state index is 13.7. The van der Waals surface area contributed by atoms with Crippen LogP contribution in [0.1, 0.15) is 32.9 Å². The van der Waals surface area contributed by atoms with Crippen LogP contribution in [0.2, 0.25) is 0 Å². The van der Waals surface area contributed by atoms with Crippen molar-refractivity contribution in [3.63, 3.8) is 0 Å². The Hall–Kier alpha value is -2.64. The third kappa shape index (κ3) is 5.05. The SMILES string of the molecule is Cc1cc(C(F)(F)F)nc(-c2ccnc3cc(COS(C)(=O)=O)sc23)c1C(=O)N1CC[C@H](F)C1. The number of amides is 1. The van der Waals surface area contributed by atoms with Crippen molar-refractivity contribution in [3.05, 3.63) is 46.1 Å². The van der Waals surface area contributed by atoms with Crippen LogP contribution >= 0.6 is 11.3 Å². The number of aromatic nitrogens is 2. The second-order valence-electron chi connectivity index (χ2n) is 7.93. The average molecular weight is 518 g/mol. The number of hydrogen-bond donors (Lipinski definition) is 0. The molecule has 182 valence electrons. The van der Waals surface area contributed by atoms with E-state index in [9.17, 15) is 30.8 Å². The molecular formula is C21H19F4N3O4S2. The molecule has 34 heavy (non-hydrogen) atoms. The summed E-state index contributed by atoms with van der Waals surface area (Å²) in [6.45, 7) is 1.12. The molecule has 4 heterocycles. The number of pyridine rings is 2. The summed E-state index contributed by atoms with van der Waals surface area (Å²) in [6, 6.07) is 3.81. The van der Waals surface area contributed by atoms with Gasteiger partial charge in [0.05, 0.1) is 34.3 Å². The van der Waals surface area contributed by atoms with Crippen LogP contribution in [-0.4, -0.2) is 54.7 Å². The lowest BCUT2D eigenvalue weighted by Crippen LogP contribution is -2.30. The number of nitrogens with zero attached hydrogens (tertiary/aromatic N) is 3. The van der Waals surface area contributed by atoms with Crippen molar-refractivity contribution in [2.45, 2.75) is 32.3 Å². The first kappa shape index (κ1) is 24.5. The van der Waals surface area contributed by atoms with E-state index in [-0.39, 0.29) is 48.5 Å². The molecule has 1 atom stereocenters. The molecule has 1 aliphatic rings. The fourth-order valence-electron chi connectivity index (χ4n) is 3.75. The number of halogens is 4. The van der Waals surface area contributed by atoms with Gasteiger partial charge in [0.25, 0.3) is 16.0 Å². The van der Waals surface area contributed by atoms with Crippen LogP contribution in [0, 0.1) is 6.92 Å². The highest BCUT2D eigenvalue weighted by Gasteiger charge is 2.36. The van der Waals surface area contributed by atoms with Gasteiger partial charge >= 0.3 is 6.18 Å². The lowest BCUT2D eigenvalue weighted by Gasteiger charge is -2.20. The zero-order valence-corrected chi connectivity index (χ0v) is 19.7. The zero-order valence-electron chi connectivity index (χ0n) is 18.0. The largest absolute Gasteiger partial charge is 0.433 e. The van der Waals surface area contributed by atoms with Gasteiger partial charge in [0.15, 0.2) is 0 Å². The minimum absolute atomic E-state index is 0.0445. The molecule has 3 aromatic heterocycles. The Morgan fingerprint density at radius 1 is 1.32 bits per heavy atom. The smallest absolute Gasteiger partial charge is 0.336 e. The standard InChI is InChI=1S/C21H19F4N3O4S2/c1-11-7-16(21(23,24)25)27-18(17(11)20(29)28-6-4-12(22)9-28)14-3-5-26-15-8-13(33-19(14)15)10-32-34(2,30)31/h3,5,7-8,12H,4,6,9-10H2,1-2H3/t12-/m0/s1. The van der Waals surface area contributed by atoms with Crippen LogP contribution in [-0.2, 0) is 27.1 Å². The fourth-order valence-corrected chi connectivity index (χ4v) is 5.21. The lowest BCUT2D eigenvalue weighted by atomic mass is 9.99. The lowest BCUT2D eigenvalue weighted by molar-refractivity contribution is -0.141. The molecule has 0 unspecified atom stereocenters. The summed E-state index contributed by atoms with van der Waals surface area (Å²) in [5.74, 6) is -0.601. The highest BCUT2D eigenvalue weighted by molar-refractivity contribution is 7.85. The fraction of sp³-hybridized carbons (Fsp3) is 0.381. The summed E-state index contributed by atoms with van der Waals surface area (Å²) in [6.07, 6.45) is -3.53. The van der Waals surface area contributed by atoms with Crippen molar-refractivity contribution < 1.29 is 35.0 Å². The van der Waals surface area contributed by atoms with E-state index in [1.165, 1.54) is 24.1 Å². The van der Waals surface area contributed by atoms with Gasteiger partial charge in [-0.1, -0.05) is 0 Å². The number of carbonyl (C=O) groups is 1. The predicted molar refractivity (Wildman–Crippen MR) is 118 cm³/mol. The van der Waals surface area contributed by atoms with Crippen molar-refractivity contribution >= 4 is 37.6 Å². The molecule has 0 aliphatic carbocycles. The maximum Gasteiger partial charge on any atom is 0.433 e. The van der Waals surface area contributed by atoms with Gasteiger partial charge in [-0.3, -0.25) is 14.0 Å². The summed E-state index contributed by atoms with van der Waals surface area (Å²) in [7, 11) is -3.71. The van der Waals surface area contributed by atoms with E-state index >= 15 is 0 Å². The predicted octanol–water partition coefficient (Wildman–Crippen LogP) is 4.35. The van der Waals surface area contributed by atoms with E-state index in [1.807, 2.05) is 0 Å². The maximum atomic E-state index is 13.7. The summed E-state index contributed by atoms with van der Waals surface area (Å²) < 4.78 is 82.4. The molecular weight excluding hydrogens is 498 g/mol. The Bertz CT molecular complexity index is 1370. The minimum Gasteiger partial charge on any atom is -0.336 e. The number of aryl methyl sites for hydroxylation is 1. The Morgan fingerprint density at radius 3 is 2.68 bits per heavy atom. The molecule has 13 heteroatoms. The van der Waals surface area contributed by atoms with Crippen LogP contribution in [0.25, 0.3) is 21.5 Å². The highest BCUT2D eigenvalue weighted by atomic mass is 32.2. The molecule has 0 spiro atoms. The van der Waals surface area contributed by atoms with Gasteiger partial charge in [-0.2, -0.15) is 21.6 Å². The molecule has 0 saturated carbocycles. The van der Waals surface area contributed by atoms with Crippen LogP contribution in [0.5, 0.6) is 0 Å². The molecule has 0 N–H and O–H groups in total. The summed E-state index contributed by atoms with van der Waals surface area (Å²) in [4.78, 5) is 23.0. The first-order valence-electron chi connectivity index (χ1n) is 10.1. The van der Waals surface area contributed by atoms with E-state index in [0.29, 0.717) is 15.1 Å². The second kappa shape index (κ2) is 8.86. The van der Waals surface area contributed by atoms with Crippen molar-refractivity contribution in [1.82, 2.24) is 14.9 Å². The normalized spacial score (nSPS) is 17.0. The highest BCUT2D eigenvalue weighted by Crippen LogP contribution is 2.39. The number of likely N-dealkylation sites (tertiary alicyclic amines) is 1. The number of thiophene rings is 1. The molecule has 7 nitrogen and oxygen atoms in total. The van der Waals surface area contributed by atoms with E-state index in [1.54, 1.807) is 6.07 Å². The Balaban J connectivity index is 1.89. The number of hydrogen-bond acceptors (Lipinski definition) is 7. The monoisotopic (exact) mass is 517 g/mol. The van der Waals surface area contributed by atoms with Crippen LogP contribution in [0.4, 0.5) is 17.6 Å². The molecule has 1 amide bonds. The van der Waals surface area contributed by atoms with E-state index in [0.717, 1.165) is 23.7 Å². The topological polar surface area (TPSA) is 89.5 Å². The van der Waals surface area contributed by atoms with E-state index in [2.05, 4.69) is 9.97 Å². The van der Waals surface area contributed by atoms with Gasteiger partial charge < -0.3 is 4.90 Å². The average Bonchev–Trinajstić information content (AvgIpc) is 3.35. The van der Waals surface area contributed by atoms with Crippen molar-refractivity contribution in [1.29, 1.82) is 0 Å². The molecule has 1 fully saturated rings. The summed E-state index contributed by atoms with van der Waals surface area (Å²) in [5.41, 5.74) is -0.722. The number of fused-ring (bicyclic) bond motifs is 1. The third-order valence-electron chi connectivity index (χ3n) is 5.27. The third-order valence-corrected chi connectivity index (χ3v) is 6.95. The number of carbonyl (C=O) groups excluding carboxylic acids is 1. The molecule has 0 radical (unpaired) electrons. The van der Waals surface area contributed by atoms with Gasteiger partial charge in [-0.05, 0) is 37.1 Å². The zero-order chi connectivity index (χ0) is 24.8. The Kier molecular flexibility index (Phi) is 6.38. The second-order valence-corrected chi connectivity index (χ2v) is 10.7. The molecule has 4 rings (SSSR count). The van der Waals surface area contributed by atoms with Crippen LogP contribution in [0.3, 0.4) is 0 Å². The molecule has 0 aromatic carbocycles. The van der Waals surface area contributed by atoms with Gasteiger partial charge in [-0.15, -0.1) is 11.3 Å². The first-order chi connectivity index (χ1) is 15.8. The molecule has 0 bridgehead atoms. The number of rotatable bonds is 5. The van der Waals surface area contributed by atoms with Gasteiger partial charge in [0, 0.05) is 23.2 Å². The van der Waals surface area contributed by atoms with Crippen molar-refractivity contribution in [2.24, 2.45) is 0 Å². The van der Waals surface area contributed by atoms with Gasteiger partial charge in [-0.25, -0.2) is 9.37 Å². The molecule has 1 saturated heterocycles. The number of alkyl halides is 4. The van der Waals surface area contributed by atoms with E-state index in [4.69, 9.17) is 4.18 Å². The van der Waals surface area contributed by atoms with E-state index < -0.39 is 34.1 Å². The van der Waals surface area contributed by atoms with Crippen LogP contribution < -0.4 is 0 Å². The minimum atomic E-state index is -4.76. The Morgan fingerprint density at radius 2 is 2.06 bits per heavy atom. The van der Waals surface area contributed by atoms with Crippen molar-refractivity contribution in [3.8, 4) is 11.3 Å². The Labute approximate surface area is 196 Å². The first-order valence-corrected chi connectivity index (χ1v) is 12.7.